The molecule has 0 radical (unpaired) electrons. The predicted molar refractivity (Wildman–Crippen MR) is 192 cm³/mol. The van der Waals surface area contributed by atoms with Crippen LogP contribution in [0.15, 0.2) is 34.8 Å². The maximum Gasteiger partial charge on any atom is 0.309 e. The van der Waals surface area contributed by atoms with E-state index in [-0.39, 0.29) is 39.5 Å². The number of Topliss-reactive ketones (excluding diaryl/α,β-unsaturated/α-hetero) is 1. The molecule has 48 heavy (non-hydrogen) atoms. The third-order valence-electron chi connectivity index (χ3n) is 14.4. The molecule has 4 saturated carbocycles. The lowest BCUT2D eigenvalue weighted by atomic mass is 9.54. The van der Waals surface area contributed by atoms with Gasteiger partial charge in [0.25, 0.3) is 0 Å². The van der Waals surface area contributed by atoms with Crippen molar-refractivity contribution in [3.8, 4) is 0 Å². The molecular weight excluding hydrogens is 598 g/mol. The Hall–Kier alpha value is -2.37. The predicted octanol–water partition coefficient (Wildman–Crippen LogP) is 9.59. The van der Waals surface area contributed by atoms with Crippen LogP contribution >= 0.6 is 0 Å². The van der Waals surface area contributed by atoms with E-state index in [1.165, 1.54) is 24.8 Å². The standard InChI is InChI=1S/C42H65NO5/c1-11-13-29(44)23-34(43-10)40-20-17-33-41-21-15-27(5)39(9,19-16-28(6)48-30(14-12-2)24-38(7,8)37(46)47)32(41)18-22-42(33,41)36(40)35(26(3)4)31(45)25-40/h14,23,26-28,32-33,43H,11-13,15-22,24-25H2,1-10H3,(H,46,47)/b30-14?,34-23-. The van der Waals surface area contributed by atoms with Gasteiger partial charge in [-0.1, -0.05) is 41.5 Å². The van der Waals surface area contributed by atoms with E-state index in [4.69, 9.17) is 4.74 Å². The molecule has 5 aliphatic rings. The van der Waals surface area contributed by atoms with Crippen molar-refractivity contribution in [2.75, 3.05) is 7.05 Å². The molecule has 0 bridgehead atoms. The number of ketones is 2. The van der Waals surface area contributed by atoms with Gasteiger partial charge in [-0.2, -0.15) is 0 Å². The molecule has 0 saturated heterocycles. The highest BCUT2D eigenvalue weighted by atomic mass is 16.5. The largest absolute Gasteiger partial charge is 0.495 e. The van der Waals surface area contributed by atoms with Crippen molar-refractivity contribution in [1.29, 1.82) is 0 Å². The third kappa shape index (κ3) is 5.45. The van der Waals surface area contributed by atoms with E-state index in [2.05, 4.69) is 59.9 Å². The number of hydrogen-bond donors (Lipinski definition) is 2. The molecule has 6 nitrogen and oxygen atoms in total. The molecule has 0 aliphatic heterocycles. The van der Waals surface area contributed by atoms with Crippen molar-refractivity contribution >= 4 is 17.5 Å². The monoisotopic (exact) mass is 663 g/mol. The minimum absolute atomic E-state index is 0.00507. The minimum atomic E-state index is -0.872. The molecule has 268 valence electrons. The lowest BCUT2D eigenvalue weighted by Gasteiger charge is -2.51. The van der Waals surface area contributed by atoms with Gasteiger partial charge in [0.05, 0.1) is 17.3 Å². The Morgan fingerprint density at radius 2 is 1.77 bits per heavy atom. The number of fused-ring (bicyclic) bond motifs is 1. The summed E-state index contributed by atoms with van der Waals surface area (Å²) in [6, 6.07) is 0. The first kappa shape index (κ1) is 36.9. The van der Waals surface area contributed by atoms with Gasteiger partial charge in [0, 0.05) is 48.9 Å². The number of rotatable bonds is 15. The maximum atomic E-state index is 14.1. The average molecular weight is 664 g/mol. The Labute approximate surface area is 291 Å². The molecule has 5 aliphatic carbocycles. The number of aliphatic carboxylic acids is 1. The van der Waals surface area contributed by atoms with Gasteiger partial charge >= 0.3 is 5.97 Å². The highest BCUT2D eigenvalue weighted by Gasteiger charge is 2.87. The molecular formula is C42H65NO5. The van der Waals surface area contributed by atoms with Crippen molar-refractivity contribution in [2.45, 2.75) is 152 Å². The highest BCUT2D eigenvalue weighted by Crippen LogP contribution is 2.93. The molecule has 0 amide bonds. The zero-order chi connectivity index (χ0) is 35.4. The number of hydrogen-bond acceptors (Lipinski definition) is 5. The van der Waals surface area contributed by atoms with Gasteiger partial charge in [0.1, 0.15) is 0 Å². The molecule has 2 N–H and O–H groups in total. The van der Waals surface area contributed by atoms with Crippen LogP contribution in [-0.2, 0) is 19.1 Å². The van der Waals surface area contributed by atoms with Gasteiger partial charge < -0.3 is 15.2 Å². The first-order chi connectivity index (χ1) is 22.5. The van der Waals surface area contributed by atoms with E-state index >= 15 is 0 Å². The first-order valence-corrected chi connectivity index (χ1v) is 19.3. The van der Waals surface area contributed by atoms with Crippen molar-refractivity contribution < 1.29 is 24.2 Å². The summed E-state index contributed by atoms with van der Waals surface area (Å²) >= 11 is 0. The van der Waals surface area contributed by atoms with Crippen LogP contribution in [0.5, 0.6) is 0 Å². The quantitative estimate of drug-likeness (QED) is 0.134. The van der Waals surface area contributed by atoms with Gasteiger partial charge in [-0.15, -0.1) is 0 Å². The van der Waals surface area contributed by atoms with Crippen LogP contribution in [-0.4, -0.2) is 35.8 Å². The molecule has 4 fully saturated rings. The van der Waals surface area contributed by atoms with Crippen molar-refractivity contribution in [2.24, 2.45) is 50.7 Å². The summed E-state index contributed by atoms with van der Waals surface area (Å²) in [5.74, 6) is 2.45. The normalized spacial score (nSPS) is 36.7. The molecule has 8 unspecified atom stereocenters. The summed E-state index contributed by atoms with van der Waals surface area (Å²) in [4.78, 5) is 39.0. The van der Waals surface area contributed by atoms with Crippen LogP contribution in [0, 0.1) is 50.7 Å². The van der Waals surface area contributed by atoms with Crippen LogP contribution in [0.25, 0.3) is 0 Å². The smallest absolute Gasteiger partial charge is 0.309 e. The van der Waals surface area contributed by atoms with Gasteiger partial charge in [0.2, 0.25) is 0 Å². The van der Waals surface area contributed by atoms with E-state index in [9.17, 15) is 19.5 Å². The van der Waals surface area contributed by atoms with Crippen LogP contribution in [0.2, 0.25) is 0 Å². The lowest BCUT2D eigenvalue weighted by molar-refractivity contribution is -0.147. The fourth-order valence-electron chi connectivity index (χ4n) is 12.1. The lowest BCUT2D eigenvalue weighted by Crippen LogP contribution is -2.44. The van der Waals surface area contributed by atoms with Gasteiger partial charge in [-0.25, -0.2) is 0 Å². The summed E-state index contributed by atoms with van der Waals surface area (Å²) < 4.78 is 6.51. The van der Waals surface area contributed by atoms with Crippen LogP contribution in [0.4, 0.5) is 0 Å². The second kappa shape index (κ2) is 13.1. The zero-order valence-electron chi connectivity index (χ0n) is 31.8. The number of allylic oxidation sites excluding steroid dienone is 5. The fraction of sp³-hybridized carbons (Fsp3) is 0.786. The highest BCUT2D eigenvalue weighted by molar-refractivity contribution is 6.02. The number of carbonyl (C=O) groups excluding carboxylic acids is 2. The summed E-state index contributed by atoms with van der Waals surface area (Å²) in [6.45, 7) is 19.3. The third-order valence-corrected chi connectivity index (χ3v) is 14.4. The van der Waals surface area contributed by atoms with Crippen LogP contribution < -0.4 is 5.32 Å². The number of ether oxygens (including phenoxy) is 1. The summed E-state index contributed by atoms with van der Waals surface area (Å²) in [7, 11) is 1.95. The first-order valence-electron chi connectivity index (χ1n) is 19.3. The number of nitrogens with one attached hydrogen (secondary N) is 1. The van der Waals surface area contributed by atoms with Crippen molar-refractivity contribution in [1.82, 2.24) is 5.32 Å². The Morgan fingerprint density at radius 1 is 1.08 bits per heavy atom. The molecule has 5 rings (SSSR count). The van der Waals surface area contributed by atoms with E-state index in [1.807, 2.05) is 13.1 Å². The van der Waals surface area contributed by atoms with E-state index in [1.54, 1.807) is 13.8 Å². The van der Waals surface area contributed by atoms with E-state index in [0.717, 1.165) is 62.0 Å². The molecule has 2 spiro atoms. The summed E-state index contributed by atoms with van der Waals surface area (Å²) in [5, 5.41) is 13.2. The Kier molecular flexibility index (Phi) is 10.0. The second-order valence-corrected chi connectivity index (χ2v) is 17.7. The average Bonchev–Trinajstić information content (AvgIpc) is 3.22. The molecule has 6 heteroatoms. The Bertz CT molecular complexity index is 1400. The fourth-order valence-corrected chi connectivity index (χ4v) is 12.1. The SMILES string of the molecule is CCC=C(CC(C)(C)C(=O)O)OC(C)CCC1(C)C(C)CCC23C1CCC21C2=C(C(C)C)C(=O)CC2(/C(=C/C(=O)CCC)NC)CCC13. The van der Waals surface area contributed by atoms with E-state index in [0.29, 0.717) is 42.8 Å². The maximum absolute atomic E-state index is 14.1. The van der Waals surface area contributed by atoms with Crippen molar-refractivity contribution in [3.63, 3.8) is 0 Å². The topological polar surface area (TPSA) is 92.7 Å². The molecule has 0 aromatic rings. The van der Waals surface area contributed by atoms with Crippen molar-refractivity contribution in [3.05, 3.63) is 34.8 Å². The second-order valence-electron chi connectivity index (χ2n) is 17.7. The summed E-state index contributed by atoms with van der Waals surface area (Å²) in [5.41, 5.74) is 2.72. The number of carboxylic acids is 1. The molecule has 0 aromatic heterocycles. The molecule has 0 aromatic carbocycles. The Morgan fingerprint density at radius 3 is 2.38 bits per heavy atom. The zero-order valence-corrected chi connectivity index (χ0v) is 31.8. The van der Waals surface area contributed by atoms with Gasteiger partial charge in [-0.3, -0.25) is 14.4 Å². The molecule has 8 atom stereocenters. The Balaban J connectivity index is 1.46. The van der Waals surface area contributed by atoms with Crippen LogP contribution in [0.1, 0.15) is 146 Å². The number of carboxylic acid groups (broad SMARTS) is 1. The summed E-state index contributed by atoms with van der Waals surface area (Å²) in [6.07, 6.45) is 15.9. The minimum Gasteiger partial charge on any atom is -0.495 e. The van der Waals surface area contributed by atoms with E-state index < -0.39 is 11.4 Å². The molecule has 0 heterocycles. The number of carbonyl (C=O) groups is 3. The van der Waals surface area contributed by atoms with Crippen LogP contribution in [0.3, 0.4) is 0 Å². The van der Waals surface area contributed by atoms with Gasteiger partial charge in [0.15, 0.2) is 11.6 Å². The van der Waals surface area contributed by atoms with Gasteiger partial charge in [-0.05, 0) is 137 Å².